The van der Waals surface area contributed by atoms with Crippen molar-refractivity contribution >= 4 is 71.7 Å². The molecule has 3 nitrogen and oxygen atoms in total. The standard InChI is InChI=1S/C59H37NO2/c1-4-18-41(19-5-1)59(42-20-6-2-7-21-42)49-26-14-12-24-45(49)46-31-30-44(37-50(46)59)60(43-22-8-3-9-23-43)51-33-32-48-57-54(35-34-53-56(57)47-25-13-15-27-52(47)61-53)62-58(48)55(51)40-29-28-38-16-10-11-17-39(38)36-40/h1-37H. The van der Waals surface area contributed by atoms with Crippen LogP contribution in [0.4, 0.5) is 17.1 Å². The zero-order valence-corrected chi connectivity index (χ0v) is 33.6. The summed E-state index contributed by atoms with van der Waals surface area (Å²) in [4.78, 5) is 2.42. The maximum Gasteiger partial charge on any atom is 0.145 e. The van der Waals surface area contributed by atoms with Gasteiger partial charge in [0.15, 0.2) is 0 Å². The molecule has 0 spiro atoms. The third-order valence-electron chi connectivity index (χ3n) is 13.1. The van der Waals surface area contributed by atoms with E-state index in [1.807, 2.05) is 18.2 Å². The van der Waals surface area contributed by atoms with Crippen LogP contribution in [0.5, 0.6) is 0 Å². The highest BCUT2D eigenvalue weighted by Crippen LogP contribution is 2.58. The lowest BCUT2D eigenvalue weighted by molar-refractivity contribution is 0.663. The summed E-state index contributed by atoms with van der Waals surface area (Å²) in [7, 11) is 0. The van der Waals surface area contributed by atoms with E-state index in [9.17, 15) is 0 Å². The first-order chi connectivity index (χ1) is 30.8. The summed E-state index contributed by atoms with van der Waals surface area (Å²) in [6.45, 7) is 0. The summed E-state index contributed by atoms with van der Waals surface area (Å²) in [5.41, 5.74) is 15.6. The molecular weight excluding hydrogens is 755 g/mol. The Morgan fingerprint density at radius 1 is 0.371 bits per heavy atom. The Morgan fingerprint density at radius 2 is 1.00 bits per heavy atom. The molecule has 2 aromatic heterocycles. The van der Waals surface area contributed by atoms with Gasteiger partial charge in [-0.2, -0.15) is 0 Å². The molecule has 10 aromatic carbocycles. The number of nitrogens with zero attached hydrogens (tertiary/aromatic N) is 1. The van der Waals surface area contributed by atoms with Crippen LogP contribution in [0.15, 0.2) is 233 Å². The van der Waals surface area contributed by atoms with Crippen LogP contribution in [0.1, 0.15) is 22.3 Å². The highest BCUT2D eigenvalue weighted by molar-refractivity contribution is 6.27. The zero-order valence-electron chi connectivity index (χ0n) is 33.6. The smallest absolute Gasteiger partial charge is 0.145 e. The van der Waals surface area contributed by atoms with Gasteiger partial charge in [0.1, 0.15) is 22.3 Å². The molecule has 2 heterocycles. The van der Waals surface area contributed by atoms with Crippen molar-refractivity contribution in [1.82, 2.24) is 0 Å². The Morgan fingerprint density at radius 3 is 1.79 bits per heavy atom. The molecule has 0 fully saturated rings. The van der Waals surface area contributed by atoms with E-state index in [0.29, 0.717) is 0 Å². The molecular formula is C59H37NO2. The van der Waals surface area contributed by atoms with Gasteiger partial charge in [0.2, 0.25) is 0 Å². The average Bonchev–Trinajstić information content (AvgIpc) is 4.00. The molecule has 0 bridgehead atoms. The van der Waals surface area contributed by atoms with Gasteiger partial charge in [-0.25, -0.2) is 0 Å². The fourth-order valence-corrected chi connectivity index (χ4v) is 10.5. The summed E-state index contributed by atoms with van der Waals surface area (Å²) in [6, 6.07) is 81.1. The number of para-hydroxylation sites is 2. The molecule has 290 valence electrons. The predicted octanol–water partition coefficient (Wildman–Crippen LogP) is 16.1. The minimum absolute atomic E-state index is 0.546. The average molecular weight is 792 g/mol. The maximum absolute atomic E-state index is 7.14. The Labute approximate surface area is 358 Å². The molecule has 0 N–H and O–H groups in total. The van der Waals surface area contributed by atoms with Crippen molar-refractivity contribution in [2.45, 2.75) is 5.41 Å². The molecule has 1 aliphatic carbocycles. The van der Waals surface area contributed by atoms with Gasteiger partial charge in [-0.1, -0.05) is 164 Å². The fourth-order valence-electron chi connectivity index (χ4n) is 10.5. The second kappa shape index (κ2) is 13.4. The molecule has 12 aromatic rings. The first-order valence-corrected chi connectivity index (χ1v) is 21.2. The topological polar surface area (TPSA) is 29.5 Å². The maximum atomic E-state index is 7.14. The molecule has 0 aliphatic heterocycles. The van der Waals surface area contributed by atoms with E-state index in [1.54, 1.807) is 0 Å². The van der Waals surface area contributed by atoms with Gasteiger partial charge in [0, 0.05) is 38.5 Å². The number of hydrogen-bond donors (Lipinski definition) is 0. The Balaban J connectivity index is 1.13. The van der Waals surface area contributed by atoms with E-state index in [2.05, 4.69) is 211 Å². The molecule has 62 heavy (non-hydrogen) atoms. The van der Waals surface area contributed by atoms with Crippen molar-refractivity contribution in [2.75, 3.05) is 4.90 Å². The van der Waals surface area contributed by atoms with Crippen molar-refractivity contribution in [3.8, 4) is 22.3 Å². The van der Waals surface area contributed by atoms with Crippen LogP contribution in [0.25, 0.3) is 76.9 Å². The van der Waals surface area contributed by atoms with E-state index in [4.69, 9.17) is 8.83 Å². The van der Waals surface area contributed by atoms with Gasteiger partial charge >= 0.3 is 0 Å². The number of anilines is 3. The first-order valence-electron chi connectivity index (χ1n) is 21.2. The summed E-state index contributed by atoms with van der Waals surface area (Å²) in [6.07, 6.45) is 0. The molecule has 3 heteroatoms. The third-order valence-corrected chi connectivity index (χ3v) is 13.1. The Bertz CT molecular complexity index is 3660. The van der Waals surface area contributed by atoms with E-state index in [-0.39, 0.29) is 0 Å². The minimum Gasteiger partial charge on any atom is -0.456 e. The van der Waals surface area contributed by atoms with Gasteiger partial charge in [-0.05, 0) is 110 Å². The van der Waals surface area contributed by atoms with Gasteiger partial charge in [-0.15, -0.1) is 0 Å². The monoisotopic (exact) mass is 791 g/mol. The SMILES string of the molecule is c1ccc(N(c2ccc3c(c2)C(c2ccccc2)(c2ccccc2)c2ccccc2-3)c2ccc3c(oc4ccc5oc6ccccc6c5c43)c2-c2ccc3ccccc3c2)cc1. The second-order valence-electron chi connectivity index (χ2n) is 16.3. The van der Waals surface area contributed by atoms with Crippen LogP contribution in [0.3, 0.4) is 0 Å². The van der Waals surface area contributed by atoms with Crippen LogP contribution >= 0.6 is 0 Å². The highest BCUT2D eigenvalue weighted by atomic mass is 16.3. The molecule has 13 rings (SSSR count). The molecule has 0 amide bonds. The molecule has 0 radical (unpaired) electrons. The van der Waals surface area contributed by atoms with E-state index in [0.717, 1.165) is 72.1 Å². The van der Waals surface area contributed by atoms with Gasteiger partial charge < -0.3 is 13.7 Å². The molecule has 0 saturated heterocycles. The molecule has 0 saturated carbocycles. The summed E-state index contributed by atoms with van der Waals surface area (Å²) in [5, 5.41) is 6.63. The van der Waals surface area contributed by atoms with Crippen LogP contribution in [-0.4, -0.2) is 0 Å². The van der Waals surface area contributed by atoms with Crippen molar-refractivity contribution in [2.24, 2.45) is 0 Å². The van der Waals surface area contributed by atoms with E-state index >= 15 is 0 Å². The second-order valence-corrected chi connectivity index (χ2v) is 16.3. The third kappa shape index (κ3) is 4.94. The summed E-state index contributed by atoms with van der Waals surface area (Å²) in [5.74, 6) is 0. The number of benzene rings is 10. The fraction of sp³-hybridized carbons (Fsp3) is 0.0169. The predicted molar refractivity (Wildman–Crippen MR) is 256 cm³/mol. The van der Waals surface area contributed by atoms with Crippen molar-refractivity contribution in [3.63, 3.8) is 0 Å². The zero-order chi connectivity index (χ0) is 40.8. The van der Waals surface area contributed by atoms with Crippen LogP contribution in [0.2, 0.25) is 0 Å². The lowest BCUT2D eigenvalue weighted by atomic mass is 9.67. The lowest BCUT2D eigenvalue weighted by Gasteiger charge is -2.35. The number of rotatable bonds is 6. The molecule has 0 atom stereocenters. The normalized spacial score (nSPS) is 13.0. The van der Waals surface area contributed by atoms with Gasteiger partial charge in [-0.3, -0.25) is 0 Å². The quantitative estimate of drug-likeness (QED) is 0.168. The van der Waals surface area contributed by atoms with Gasteiger partial charge in [0.05, 0.1) is 11.1 Å². The summed E-state index contributed by atoms with van der Waals surface area (Å²) < 4.78 is 13.5. The first kappa shape index (κ1) is 34.7. The van der Waals surface area contributed by atoms with Crippen molar-refractivity contribution in [1.29, 1.82) is 0 Å². The van der Waals surface area contributed by atoms with E-state index < -0.39 is 5.41 Å². The Kier molecular flexibility index (Phi) is 7.52. The number of hydrogen-bond acceptors (Lipinski definition) is 3. The van der Waals surface area contributed by atoms with Crippen molar-refractivity contribution < 1.29 is 8.83 Å². The van der Waals surface area contributed by atoms with E-state index in [1.165, 1.54) is 44.2 Å². The van der Waals surface area contributed by atoms with Crippen LogP contribution in [0, 0.1) is 0 Å². The largest absolute Gasteiger partial charge is 0.456 e. The van der Waals surface area contributed by atoms with Crippen molar-refractivity contribution in [3.05, 3.63) is 247 Å². The van der Waals surface area contributed by atoms with Crippen LogP contribution in [-0.2, 0) is 5.41 Å². The number of fused-ring (bicyclic) bond motifs is 11. The number of furan rings is 2. The van der Waals surface area contributed by atoms with Crippen LogP contribution < -0.4 is 4.90 Å². The lowest BCUT2D eigenvalue weighted by Crippen LogP contribution is -2.28. The molecule has 0 unspecified atom stereocenters. The summed E-state index contributed by atoms with van der Waals surface area (Å²) >= 11 is 0. The molecule has 1 aliphatic rings. The Hall–Kier alpha value is -8.14. The van der Waals surface area contributed by atoms with Gasteiger partial charge in [0.25, 0.3) is 0 Å². The highest BCUT2D eigenvalue weighted by Gasteiger charge is 2.46. The minimum atomic E-state index is -0.546.